The van der Waals surface area contributed by atoms with Crippen molar-refractivity contribution in [2.24, 2.45) is 4.99 Å². The summed E-state index contributed by atoms with van der Waals surface area (Å²) in [6, 6.07) is 10.5. The molecule has 0 spiro atoms. The van der Waals surface area contributed by atoms with Gasteiger partial charge in [-0.2, -0.15) is 4.98 Å². The maximum Gasteiger partial charge on any atom is 0.226 e. The molecule has 6 nitrogen and oxygen atoms in total. The van der Waals surface area contributed by atoms with E-state index in [1.165, 1.54) is 5.56 Å². The van der Waals surface area contributed by atoms with Crippen LogP contribution in [0.4, 0.5) is 0 Å². The molecule has 0 bridgehead atoms. The van der Waals surface area contributed by atoms with Crippen LogP contribution in [-0.2, 0) is 6.42 Å². The van der Waals surface area contributed by atoms with Gasteiger partial charge >= 0.3 is 0 Å². The largest absolute Gasteiger partial charge is 0.356 e. The number of aromatic nitrogens is 2. The Kier molecular flexibility index (Phi) is 7.44. The lowest BCUT2D eigenvalue weighted by Gasteiger charge is -2.16. The molecule has 0 aliphatic rings. The first-order valence-electron chi connectivity index (χ1n) is 8.92. The van der Waals surface area contributed by atoms with Crippen molar-refractivity contribution in [2.75, 3.05) is 20.1 Å². The van der Waals surface area contributed by atoms with Crippen LogP contribution < -0.4 is 10.6 Å². The summed E-state index contributed by atoms with van der Waals surface area (Å²) in [5.74, 6) is 3.01. The zero-order valence-electron chi connectivity index (χ0n) is 15.6. The molecule has 0 amide bonds. The van der Waals surface area contributed by atoms with Crippen molar-refractivity contribution < 1.29 is 4.52 Å². The second-order valence-corrected chi connectivity index (χ2v) is 6.50. The van der Waals surface area contributed by atoms with E-state index in [1.54, 1.807) is 7.05 Å². The Bertz CT molecular complexity index is 651. The van der Waals surface area contributed by atoms with Gasteiger partial charge in [0.2, 0.25) is 5.89 Å². The molecule has 0 saturated heterocycles. The Labute approximate surface area is 150 Å². The van der Waals surface area contributed by atoms with E-state index in [1.807, 2.05) is 6.07 Å². The summed E-state index contributed by atoms with van der Waals surface area (Å²) in [5, 5.41) is 10.7. The van der Waals surface area contributed by atoms with E-state index in [2.05, 4.69) is 70.8 Å². The number of nitrogens with one attached hydrogen (secondary N) is 2. The van der Waals surface area contributed by atoms with Crippen LogP contribution in [0.5, 0.6) is 0 Å². The molecule has 2 rings (SSSR count). The lowest BCUT2D eigenvalue weighted by atomic mass is 10.0. The average molecular weight is 343 g/mol. The van der Waals surface area contributed by atoms with Crippen molar-refractivity contribution in [1.82, 2.24) is 20.8 Å². The molecular formula is C19H29N5O. The van der Waals surface area contributed by atoms with Crippen LogP contribution >= 0.6 is 0 Å². The van der Waals surface area contributed by atoms with Gasteiger partial charge in [0, 0.05) is 32.5 Å². The molecule has 0 aliphatic carbocycles. The molecule has 2 N–H and O–H groups in total. The highest BCUT2D eigenvalue weighted by Gasteiger charge is 2.09. The summed E-state index contributed by atoms with van der Waals surface area (Å²) in [5.41, 5.74) is 1.32. The first-order valence-corrected chi connectivity index (χ1v) is 8.92. The molecule has 1 heterocycles. The van der Waals surface area contributed by atoms with Gasteiger partial charge in [-0.15, -0.1) is 0 Å². The Hall–Kier alpha value is -2.37. The minimum Gasteiger partial charge on any atom is -0.356 e. The molecule has 1 atom stereocenters. The van der Waals surface area contributed by atoms with E-state index < -0.39 is 0 Å². The monoisotopic (exact) mass is 343 g/mol. The molecule has 1 aromatic carbocycles. The van der Waals surface area contributed by atoms with E-state index in [4.69, 9.17) is 4.52 Å². The van der Waals surface area contributed by atoms with Gasteiger partial charge in [-0.05, 0) is 17.9 Å². The fourth-order valence-electron chi connectivity index (χ4n) is 2.42. The van der Waals surface area contributed by atoms with Gasteiger partial charge in [0.25, 0.3) is 0 Å². The standard InChI is InChI=1S/C19H29N5O/c1-14(2)18-23-17(25-24-18)11-8-12-21-19(20-4)22-13-15(3)16-9-6-5-7-10-16/h5-7,9-10,14-15H,8,11-13H2,1-4H3,(H2,20,21,22). The topological polar surface area (TPSA) is 75.3 Å². The fourth-order valence-corrected chi connectivity index (χ4v) is 2.42. The van der Waals surface area contributed by atoms with Crippen molar-refractivity contribution in [3.05, 3.63) is 47.6 Å². The number of hydrogen-bond acceptors (Lipinski definition) is 4. The second-order valence-electron chi connectivity index (χ2n) is 6.50. The quantitative estimate of drug-likeness (QED) is 0.438. The summed E-state index contributed by atoms with van der Waals surface area (Å²) in [6.45, 7) is 7.96. The van der Waals surface area contributed by atoms with E-state index in [-0.39, 0.29) is 0 Å². The van der Waals surface area contributed by atoms with Gasteiger partial charge in [-0.25, -0.2) is 0 Å². The average Bonchev–Trinajstić information content (AvgIpc) is 3.11. The Morgan fingerprint density at radius 3 is 2.56 bits per heavy atom. The predicted octanol–water partition coefficient (Wildman–Crippen LogP) is 3.09. The maximum atomic E-state index is 5.25. The number of rotatable bonds is 8. The summed E-state index contributed by atoms with van der Waals surface area (Å²) in [6.07, 6.45) is 1.68. The van der Waals surface area contributed by atoms with E-state index in [0.717, 1.165) is 37.7 Å². The third-order valence-corrected chi connectivity index (χ3v) is 4.03. The van der Waals surface area contributed by atoms with Gasteiger partial charge < -0.3 is 15.2 Å². The highest BCUT2D eigenvalue weighted by Crippen LogP contribution is 2.13. The molecule has 136 valence electrons. The third-order valence-electron chi connectivity index (χ3n) is 4.03. The Balaban J connectivity index is 1.68. The number of benzene rings is 1. The summed E-state index contributed by atoms with van der Waals surface area (Å²) in [4.78, 5) is 8.66. The van der Waals surface area contributed by atoms with Crippen molar-refractivity contribution in [2.45, 2.75) is 45.4 Å². The van der Waals surface area contributed by atoms with E-state index in [9.17, 15) is 0 Å². The van der Waals surface area contributed by atoms with Crippen LogP contribution in [-0.4, -0.2) is 36.2 Å². The smallest absolute Gasteiger partial charge is 0.226 e. The highest BCUT2D eigenvalue weighted by molar-refractivity contribution is 5.79. The normalized spacial score (nSPS) is 13.1. The molecule has 2 aromatic rings. The number of nitrogens with zero attached hydrogens (tertiary/aromatic N) is 3. The lowest BCUT2D eigenvalue weighted by Crippen LogP contribution is -2.39. The molecule has 0 fully saturated rings. The van der Waals surface area contributed by atoms with Crippen molar-refractivity contribution in [3.63, 3.8) is 0 Å². The van der Waals surface area contributed by atoms with Gasteiger partial charge in [-0.3, -0.25) is 4.99 Å². The lowest BCUT2D eigenvalue weighted by molar-refractivity contribution is 0.368. The molecule has 0 radical (unpaired) electrons. The highest BCUT2D eigenvalue weighted by atomic mass is 16.5. The molecular weight excluding hydrogens is 314 g/mol. The Morgan fingerprint density at radius 1 is 1.16 bits per heavy atom. The Morgan fingerprint density at radius 2 is 1.92 bits per heavy atom. The van der Waals surface area contributed by atoms with Crippen molar-refractivity contribution in [3.8, 4) is 0 Å². The summed E-state index contributed by atoms with van der Waals surface area (Å²) < 4.78 is 5.25. The first kappa shape index (κ1) is 19.0. The molecule has 25 heavy (non-hydrogen) atoms. The van der Waals surface area contributed by atoms with Crippen LogP contribution in [0.25, 0.3) is 0 Å². The van der Waals surface area contributed by atoms with Crippen molar-refractivity contribution in [1.29, 1.82) is 0 Å². The van der Waals surface area contributed by atoms with Crippen LogP contribution in [0.1, 0.15) is 56.3 Å². The zero-order chi connectivity index (χ0) is 18.1. The zero-order valence-corrected chi connectivity index (χ0v) is 15.6. The molecule has 6 heteroatoms. The van der Waals surface area contributed by atoms with Gasteiger partial charge in [-0.1, -0.05) is 56.3 Å². The molecule has 1 unspecified atom stereocenters. The van der Waals surface area contributed by atoms with Gasteiger partial charge in [0.05, 0.1) is 0 Å². The minimum absolute atomic E-state index is 0.297. The predicted molar refractivity (Wildman–Crippen MR) is 101 cm³/mol. The number of guanidine groups is 1. The number of aliphatic imine (C=N–C) groups is 1. The van der Waals surface area contributed by atoms with E-state index in [0.29, 0.717) is 17.7 Å². The first-order chi connectivity index (χ1) is 12.1. The van der Waals surface area contributed by atoms with Crippen LogP contribution in [0.3, 0.4) is 0 Å². The second kappa shape index (κ2) is 9.81. The number of hydrogen-bond donors (Lipinski definition) is 2. The fraction of sp³-hybridized carbons (Fsp3) is 0.526. The minimum atomic E-state index is 0.297. The summed E-state index contributed by atoms with van der Waals surface area (Å²) in [7, 11) is 1.79. The maximum absolute atomic E-state index is 5.25. The van der Waals surface area contributed by atoms with Crippen LogP contribution in [0.15, 0.2) is 39.8 Å². The van der Waals surface area contributed by atoms with E-state index >= 15 is 0 Å². The van der Waals surface area contributed by atoms with Crippen molar-refractivity contribution >= 4 is 5.96 Å². The number of aryl methyl sites for hydroxylation is 1. The molecule has 0 saturated carbocycles. The van der Waals surface area contributed by atoms with Crippen LogP contribution in [0, 0.1) is 0 Å². The van der Waals surface area contributed by atoms with Gasteiger partial charge in [0.1, 0.15) is 0 Å². The van der Waals surface area contributed by atoms with Crippen LogP contribution in [0.2, 0.25) is 0 Å². The van der Waals surface area contributed by atoms with Gasteiger partial charge in [0.15, 0.2) is 11.8 Å². The molecule has 1 aromatic heterocycles. The molecule has 0 aliphatic heterocycles. The third kappa shape index (κ3) is 6.21. The summed E-state index contributed by atoms with van der Waals surface area (Å²) >= 11 is 0. The SMILES string of the molecule is CN=C(NCCCc1nc(C(C)C)no1)NCC(C)c1ccccc1.